The molecule has 4 N–H and O–H groups in total. The summed E-state index contributed by atoms with van der Waals surface area (Å²) in [6, 6.07) is 7.93. The van der Waals surface area contributed by atoms with E-state index < -0.39 is 0 Å². The van der Waals surface area contributed by atoms with Gasteiger partial charge in [0.1, 0.15) is 5.58 Å². The van der Waals surface area contributed by atoms with Crippen molar-refractivity contribution in [3.63, 3.8) is 0 Å². The molecule has 0 spiro atoms. The van der Waals surface area contributed by atoms with Crippen molar-refractivity contribution in [2.45, 2.75) is 0 Å². The first kappa shape index (κ1) is 10.4. The minimum Gasteiger partial charge on any atom is -0.441 e. The molecule has 2 aromatic heterocycles. The molecule has 0 amide bonds. The Morgan fingerprint density at radius 2 is 2.12 bits per heavy atom. The van der Waals surface area contributed by atoms with Crippen LogP contribution in [-0.4, -0.2) is 18.3 Å². The number of hydrogen-bond donors (Lipinski definition) is 3. The van der Waals surface area contributed by atoms with Crippen LogP contribution < -0.4 is 11.1 Å². The molecule has 5 heteroatoms. The maximum absolute atomic E-state index is 8.74. The first-order valence-corrected chi connectivity index (χ1v) is 6.15. The molecule has 0 atom stereocenters. The van der Waals surface area contributed by atoms with E-state index in [1.807, 2.05) is 18.2 Å². The summed E-state index contributed by atoms with van der Waals surface area (Å²) in [4.78, 5) is 0. The Labute approximate surface area is 102 Å². The average molecular weight is 248 g/mol. The van der Waals surface area contributed by atoms with Crippen LogP contribution in [0.5, 0.6) is 0 Å². The molecule has 0 saturated carbocycles. The summed E-state index contributed by atoms with van der Waals surface area (Å²) >= 11 is 1.57. The van der Waals surface area contributed by atoms with Crippen LogP contribution in [0.3, 0.4) is 0 Å². The molecule has 0 unspecified atom stereocenters. The number of aliphatic hydroxyl groups excluding tert-OH is 1. The van der Waals surface area contributed by atoms with E-state index in [-0.39, 0.29) is 6.61 Å². The Balaban J connectivity index is 2.09. The van der Waals surface area contributed by atoms with E-state index in [0.29, 0.717) is 12.4 Å². The van der Waals surface area contributed by atoms with Crippen molar-refractivity contribution in [1.82, 2.24) is 0 Å². The Bertz CT molecular complexity index is 621. The van der Waals surface area contributed by atoms with Crippen molar-refractivity contribution in [2.24, 2.45) is 0 Å². The number of thiophene rings is 1. The van der Waals surface area contributed by atoms with Gasteiger partial charge in [-0.15, -0.1) is 11.3 Å². The first-order chi connectivity index (χ1) is 8.26. The molecule has 2 heterocycles. The van der Waals surface area contributed by atoms with Crippen LogP contribution in [0.25, 0.3) is 21.1 Å². The van der Waals surface area contributed by atoms with E-state index in [0.717, 1.165) is 26.1 Å². The zero-order chi connectivity index (χ0) is 11.8. The lowest BCUT2D eigenvalue weighted by Crippen LogP contribution is -2.03. The maximum atomic E-state index is 8.74. The number of aliphatic hydroxyl groups is 1. The summed E-state index contributed by atoms with van der Waals surface area (Å²) in [6.45, 7) is 0.573. The van der Waals surface area contributed by atoms with E-state index in [9.17, 15) is 0 Å². The third-order valence-electron chi connectivity index (χ3n) is 2.59. The maximum Gasteiger partial charge on any atom is 0.194 e. The standard InChI is InChI=1S/C12H12N2O2S/c13-11-5-8-3-9-7(4-10(8)17-11)6-12(16-9)14-1-2-15/h3-6,14-15H,1-2,13H2. The van der Waals surface area contributed by atoms with Crippen molar-refractivity contribution in [1.29, 1.82) is 0 Å². The van der Waals surface area contributed by atoms with Crippen LogP contribution in [0.4, 0.5) is 10.9 Å². The van der Waals surface area contributed by atoms with Crippen LogP contribution in [0.15, 0.2) is 28.7 Å². The molecule has 0 bridgehead atoms. The van der Waals surface area contributed by atoms with Crippen molar-refractivity contribution in [3.8, 4) is 0 Å². The normalized spacial score (nSPS) is 11.4. The Hall–Kier alpha value is -1.72. The molecule has 0 saturated heterocycles. The van der Waals surface area contributed by atoms with Crippen LogP contribution in [0, 0.1) is 0 Å². The van der Waals surface area contributed by atoms with Crippen LogP contribution >= 0.6 is 11.3 Å². The largest absolute Gasteiger partial charge is 0.441 e. The van der Waals surface area contributed by atoms with E-state index in [2.05, 4.69) is 11.4 Å². The Morgan fingerprint density at radius 3 is 2.94 bits per heavy atom. The monoisotopic (exact) mass is 248 g/mol. The predicted octanol–water partition coefficient (Wildman–Crippen LogP) is 2.63. The van der Waals surface area contributed by atoms with Gasteiger partial charge in [0.25, 0.3) is 0 Å². The topological polar surface area (TPSA) is 71.4 Å². The van der Waals surface area contributed by atoms with Gasteiger partial charge in [-0.2, -0.15) is 0 Å². The number of benzene rings is 1. The van der Waals surface area contributed by atoms with Gasteiger partial charge in [-0.25, -0.2) is 0 Å². The van der Waals surface area contributed by atoms with Crippen molar-refractivity contribution < 1.29 is 9.52 Å². The molecule has 0 radical (unpaired) electrons. The third-order valence-corrected chi connectivity index (χ3v) is 3.51. The second-order valence-electron chi connectivity index (χ2n) is 3.84. The number of fused-ring (bicyclic) bond motifs is 2. The smallest absolute Gasteiger partial charge is 0.194 e. The molecule has 0 fully saturated rings. The fourth-order valence-corrected chi connectivity index (χ4v) is 2.72. The number of nitrogens with one attached hydrogen (secondary N) is 1. The van der Waals surface area contributed by atoms with Crippen LogP contribution in [-0.2, 0) is 0 Å². The summed E-state index contributed by atoms with van der Waals surface area (Å²) < 4.78 is 6.79. The SMILES string of the molecule is Nc1cc2cc3oc(NCCO)cc3cc2s1. The van der Waals surface area contributed by atoms with Gasteiger partial charge >= 0.3 is 0 Å². The lowest BCUT2D eigenvalue weighted by atomic mass is 10.2. The average Bonchev–Trinajstić information content (AvgIpc) is 2.83. The summed E-state index contributed by atoms with van der Waals surface area (Å²) in [5.74, 6) is 0.680. The van der Waals surface area contributed by atoms with Gasteiger partial charge in [-0.05, 0) is 23.6 Å². The van der Waals surface area contributed by atoms with Gasteiger partial charge in [0.2, 0.25) is 0 Å². The third kappa shape index (κ3) is 1.83. The van der Waals surface area contributed by atoms with Gasteiger partial charge in [-0.3, -0.25) is 0 Å². The highest BCUT2D eigenvalue weighted by Gasteiger charge is 2.06. The molecule has 3 rings (SSSR count). The molecule has 0 aliphatic rings. The fourth-order valence-electron chi connectivity index (χ4n) is 1.86. The molecule has 88 valence electrons. The summed E-state index contributed by atoms with van der Waals surface area (Å²) in [5, 5.41) is 14.7. The number of anilines is 2. The van der Waals surface area contributed by atoms with Crippen molar-refractivity contribution >= 4 is 43.3 Å². The molecule has 3 aromatic rings. The number of furan rings is 1. The zero-order valence-corrected chi connectivity index (χ0v) is 9.88. The molecule has 1 aromatic carbocycles. The van der Waals surface area contributed by atoms with Gasteiger partial charge in [-0.1, -0.05) is 0 Å². The predicted molar refractivity (Wildman–Crippen MR) is 71.6 cm³/mol. The van der Waals surface area contributed by atoms with E-state index in [4.69, 9.17) is 15.3 Å². The van der Waals surface area contributed by atoms with Gasteiger partial charge in [0, 0.05) is 22.7 Å². The van der Waals surface area contributed by atoms with E-state index in [1.54, 1.807) is 11.3 Å². The van der Waals surface area contributed by atoms with Crippen LogP contribution in [0.2, 0.25) is 0 Å². The minimum absolute atomic E-state index is 0.0860. The zero-order valence-electron chi connectivity index (χ0n) is 9.06. The van der Waals surface area contributed by atoms with Gasteiger partial charge in [0.15, 0.2) is 5.88 Å². The fraction of sp³-hybridized carbons (Fsp3) is 0.167. The lowest BCUT2D eigenvalue weighted by Gasteiger charge is -1.96. The molecule has 4 nitrogen and oxygen atoms in total. The summed E-state index contributed by atoms with van der Waals surface area (Å²) in [6.07, 6.45) is 0. The highest BCUT2D eigenvalue weighted by atomic mass is 32.1. The summed E-state index contributed by atoms with van der Waals surface area (Å²) in [5.41, 5.74) is 6.59. The molecular weight excluding hydrogens is 236 g/mol. The number of nitrogens with two attached hydrogens (primary N) is 1. The second-order valence-corrected chi connectivity index (χ2v) is 4.95. The van der Waals surface area contributed by atoms with E-state index in [1.165, 1.54) is 0 Å². The van der Waals surface area contributed by atoms with Gasteiger partial charge in [0.05, 0.1) is 11.6 Å². The first-order valence-electron chi connectivity index (χ1n) is 5.33. The van der Waals surface area contributed by atoms with Crippen molar-refractivity contribution in [3.05, 3.63) is 24.3 Å². The Kier molecular flexibility index (Phi) is 2.42. The number of nitrogen functional groups attached to an aromatic ring is 1. The highest BCUT2D eigenvalue weighted by molar-refractivity contribution is 7.22. The number of rotatable bonds is 3. The van der Waals surface area contributed by atoms with Crippen LogP contribution in [0.1, 0.15) is 0 Å². The van der Waals surface area contributed by atoms with Gasteiger partial charge < -0.3 is 20.6 Å². The molecule has 17 heavy (non-hydrogen) atoms. The minimum atomic E-state index is 0.0860. The lowest BCUT2D eigenvalue weighted by molar-refractivity contribution is 0.310. The highest BCUT2D eigenvalue weighted by Crippen LogP contribution is 2.33. The van der Waals surface area contributed by atoms with E-state index >= 15 is 0 Å². The summed E-state index contributed by atoms with van der Waals surface area (Å²) in [7, 11) is 0. The van der Waals surface area contributed by atoms with Crippen molar-refractivity contribution in [2.75, 3.05) is 24.2 Å². The molecule has 0 aliphatic heterocycles. The molecular formula is C12H12N2O2S. The second kappa shape index (κ2) is 3.94. The Morgan fingerprint density at radius 1 is 1.24 bits per heavy atom. The quantitative estimate of drug-likeness (QED) is 0.666. The molecule has 0 aliphatic carbocycles. The number of hydrogen-bond acceptors (Lipinski definition) is 5.